The predicted octanol–water partition coefficient (Wildman–Crippen LogP) is 7.37. The summed E-state index contributed by atoms with van der Waals surface area (Å²) in [7, 11) is -4.88. The number of benzene rings is 2. The van der Waals surface area contributed by atoms with Crippen molar-refractivity contribution in [2.24, 2.45) is 0 Å². The highest BCUT2D eigenvalue weighted by molar-refractivity contribution is 7.00. The van der Waals surface area contributed by atoms with Crippen LogP contribution in [0.5, 0.6) is 0 Å². The van der Waals surface area contributed by atoms with Crippen LogP contribution in [0.25, 0.3) is 0 Å². The highest BCUT2D eigenvalue weighted by Gasteiger charge is 2.53. The van der Waals surface area contributed by atoms with Gasteiger partial charge in [-0.05, 0) is 46.4 Å². The molecule has 0 saturated heterocycles. The molecule has 0 N–H and O–H groups in total. The van der Waals surface area contributed by atoms with E-state index in [0.717, 1.165) is 42.5 Å². The molecule has 0 atom stereocenters. The summed E-state index contributed by atoms with van der Waals surface area (Å²) < 4.78 is 12.4. The van der Waals surface area contributed by atoms with Gasteiger partial charge in [0, 0.05) is 12.8 Å². The van der Waals surface area contributed by atoms with Gasteiger partial charge in [-0.1, -0.05) is 121 Å². The first kappa shape index (κ1) is 31.0. The molecule has 37 heavy (non-hydrogen) atoms. The second-order valence-corrected chi connectivity index (χ2v) is 21.6. The third kappa shape index (κ3) is 8.40. The van der Waals surface area contributed by atoms with Gasteiger partial charge in [-0.2, -0.15) is 0 Å². The van der Waals surface area contributed by atoms with E-state index in [9.17, 15) is 9.59 Å². The van der Waals surface area contributed by atoms with Crippen molar-refractivity contribution in [1.29, 1.82) is 0 Å². The molecule has 0 aromatic heterocycles. The monoisotopic (exact) mass is 540 g/mol. The molecule has 0 bridgehead atoms. The molecular formula is C31H48O4Si2. The molecule has 2 rings (SSSR count). The first-order chi connectivity index (χ1) is 17.2. The molecule has 2 aromatic rings. The minimum absolute atomic E-state index is 0.0335. The van der Waals surface area contributed by atoms with E-state index >= 15 is 0 Å². The highest BCUT2D eigenvalue weighted by Crippen LogP contribution is 2.38. The van der Waals surface area contributed by atoms with E-state index < -0.39 is 16.6 Å². The molecule has 6 heteroatoms. The quantitative estimate of drug-likeness (QED) is 0.208. The van der Waals surface area contributed by atoms with E-state index in [1.807, 2.05) is 36.4 Å². The minimum Gasteiger partial charge on any atom is -0.519 e. The molecule has 0 spiro atoms. The van der Waals surface area contributed by atoms with Gasteiger partial charge in [-0.3, -0.25) is 9.59 Å². The zero-order valence-corrected chi connectivity index (χ0v) is 26.4. The largest absolute Gasteiger partial charge is 0.519 e. The zero-order chi connectivity index (χ0) is 27.7. The van der Waals surface area contributed by atoms with Gasteiger partial charge in [0.2, 0.25) is 0 Å². The van der Waals surface area contributed by atoms with Crippen molar-refractivity contribution in [1.82, 2.24) is 0 Å². The summed E-state index contributed by atoms with van der Waals surface area (Å²) in [5.74, 6) is -0.187. The number of carbonyl (C=O) groups excluding carboxylic acids is 2. The van der Waals surface area contributed by atoms with Gasteiger partial charge in [-0.15, -0.1) is 0 Å². The van der Waals surface area contributed by atoms with Crippen LogP contribution in [0.1, 0.15) is 86.5 Å². The Kier molecular flexibility index (Phi) is 10.9. The Balaban J connectivity index is 1.90. The standard InChI is InChI=1S/C31H48O4Si2/c1-30(2,3)36(7,8)34-28(32)24-18-10-9-11-19-25-29(33)35-37(31(4,5)6,26-20-14-12-15-21-26)27-22-16-13-17-23-27/h12-17,20-23H,9-11,18-19,24-25H2,1-8H3. The third-order valence-corrected chi connectivity index (χ3v) is 16.9. The van der Waals surface area contributed by atoms with E-state index in [4.69, 9.17) is 8.85 Å². The topological polar surface area (TPSA) is 52.6 Å². The number of unbranched alkanes of at least 4 members (excludes halogenated alkanes) is 4. The first-order valence-corrected chi connectivity index (χ1v) is 18.6. The molecule has 0 aliphatic heterocycles. The van der Waals surface area contributed by atoms with E-state index in [1.54, 1.807) is 0 Å². The molecule has 2 aromatic carbocycles. The van der Waals surface area contributed by atoms with Gasteiger partial charge in [0.1, 0.15) is 0 Å². The fraction of sp³-hybridized carbons (Fsp3) is 0.548. The van der Waals surface area contributed by atoms with Crippen LogP contribution in [0, 0.1) is 0 Å². The maximum Gasteiger partial charge on any atom is 0.323 e. The van der Waals surface area contributed by atoms with Gasteiger partial charge in [0.25, 0.3) is 20.3 Å². The number of hydrogen-bond acceptors (Lipinski definition) is 4. The van der Waals surface area contributed by atoms with Gasteiger partial charge < -0.3 is 8.85 Å². The Hall–Kier alpha value is -2.19. The number of hydrogen-bond donors (Lipinski definition) is 0. The van der Waals surface area contributed by atoms with Crippen molar-refractivity contribution in [3.8, 4) is 0 Å². The second kappa shape index (κ2) is 13.1. The Morgan fingerprint density at radius 3 is 1.35 bits per heavy atom. The van der Waals surface area contributed by atoms with Crippen LogP contribution in [0.15, 0.2) is 60.7 Å². The van der Waals surface area contributed by atoms with Crippen LogP contribution in [0.4, 0.5) is 0 Å². The van der Waals surface area contributed by atoms with Crippen LogP contribution in [0.2, 0.25) is 23.2 Å². The van der Waals surface area contributed by atoms with Crippen molar-refractivity contribution in [3.63, 3.8) is 0 Å². The maximum absolute atomic E-state index is 13.2. The Morgan fingerprint density at radius 1 is 0.595 bits per heavy atom. The molecule has 0 radical (unpaired) electrons. The zero-order valence-electron chi connectivity index (χ0n) is 24.4. The molecule has 0 saturated carbocycles. The van der Waals surface area contributed by atoms with Gasteiger partial charge in [0.05, 0.1) is 0 Å². The fourth-order valence-electron chi connectivity index (χ4n) is 4.43. The molecule has 0 aliphatic carbocycles. The van der Waals surface area contributed by atoms with Crippen LogP contribution in [-0.2, 0) is 18.4 Å². The Labute approximate surface area is 227 Å². The van der Waals surface area contributed by atoms with Crippen molar-refractivity contribution < 1.29 is 18.4 Å². The normalized spacial score (nSPS) is 12.8. The molecule has 0 heterocycles. The summed E-state index contributed by atoms with van der Waals surface area (Å²) in [4.78, 5) is 25.5. The summed E-state index contributed by atoms with van der Waals surface area (Å²) in [5.41, 5.74) is 0. The lowest BCUT2D eigenvalue weighted by atomic mass is 10.1. The van der Waals surface area contributed by atoms with Crippen LogP contribution >= 0.6 is 0 Å². The molecule has 204 valence electrons. The predicted molar refractivity (Wildman–Crippen MR) is 159 cm³/mol. The third-order valence-electron chi connectivity index (χ3n) is 7.62. The van der Waals surface area contributed by atoms with Gasteiger partial charge in [0.15, 0.2) is 0 Å². The lowest BCUT2D eigenvalue weighted by Gasteiger charge is -2.42. The summed E-state index contributed by atoms with van der Waals surface area (Å²) in [6.07, 6.45) is 5.44. The molecule has 0 amide bonds. The summed E-state index contributed by atoms with van der Waals surface area (Å²) in [6.45, 7) is 17.2. The van der Waals surface area contributed by atoms with Crippen molar-refractivity contribution in [2.75, 3.05) is 0 Å². The van der Waals surface area contributed by atoms with E-state index in [-0.39, 0.29) is 22.0 Å². The smallest absolute Gasteiger partial charge is 0.323 e. The van der Waals surface area contributed by atoms with E-state index in [1.165, 1.54) is 0 Å². The minimum atomic E-state index is -2.84. The van der Waals surface area contributed by atoms with Crippen molar-refractivity contribution in [2.45, 2.75) is 110 Å². The highest BCUT2D eigenvalue weighted by atomic mass is 28.4. The van der Waals surface area contributed by atoms with Gasteiger partial charge >= 0.3 is 8.32 Å². The van der Waals surface area contributed by atoms with Gasteiger partial charge in [-0.25, -0.2) is 0 Å². The van der Waals surface area contributed by atoms with Crippen LogP contribution in [-0.4, -0.2) is 28.6 Å². The molecule has 4 nitrogen and oxygen atoms in total. The molecule has 0 fully saturated rings. The SMILES string of the molecule is CC(C)(C)[Si](C)(C)OC(=O)CCCCCCCC(=O)O[Si](c1ccccc1)(c1ccccc1)C(C)(C)C. The van der Waals surface area contributed by atoms with E-state index in [2.05, 4.69) is 78.9 Å². The van der Waals surface area contributed by atoms with Crippen LogP contribution < -0.4 is 10.4 Å². The Bertz CT molecular complexity index is 950. The lowest BCUT2D eigenvalue weighted by molar-refractivity contribution is -0.136. The average Bonchev–Trinajstić information content (AvgIpc) is 2.81. The second-order valence-electron chi connectivity index (χ2n) is 12.6. The first-order valence-electron chi connectivity index (χ1n) is 13.8. The fourth-order valence-corrected chi connectivity index (χ4v) is 9.78. The molecular weight excluding hydrogens is 493 g/mol. The average molecular weight is 541 g/mol. The summed E-state index contributed by atoms with van der Waals surface area (Å²) in [5, 5.41) is 2.05. The number of carbonyl (C=O) groups is 2. The summed E-state index contributed by atoms with van der Waals surface area (Å²) >= 11 is 0. The van der Waals surface area contributed by atoms with E-state index in [0.29, 0.717) is 12.8 Å². The maximum atomic E-state index is 13.2. The Morgan fingerprint density at radius 2 is 0.973 bits per heavy atom. The summed E-state index contributed by atoms with van der Waals surface area (Å²) in [6, 6.07) is 20.5. The number of rotatable bonds is 12. The van der Waals surface area contributed by atoms with Crippen LogP contribution in [0.3, 0.4) is 0 Å². The van der Waals surface area contributed by atoms with Crippen molar-refractivity contribution >= 4 is 38.9 Å². The molecule has 0 aliphatic rings. The van der Waals surface area contributed by atoms with Crippen molar-refractivity contribution in [3.05, 3.63) is 60.7 Å². The molecule has 0 unspecified atom stereocenters. The lowest BCUT2D eigenvalue weighted by Crippen LogP contribution is -2.67.